The van der Waals surface area contributed by atoms with Crippen molar-refractivity contribution in [1.29, 1.82) is 0 Å². The zero-order valence-corrected chi connectivity index (χ0v) is 17.2. The van der Waals surface area contributed by atoms with Crippen molar-refractivity contribution < 1.29 is 25.8 Å². The largest absolute Gasteiger partial charge is 0.383 e. The second-order valence-corrected chi connectivity index (χ2v) is 9.67. The predicted octanol–water partition coefficient (Wildman–Crippen LogP) is 2.52. The lowest BCUT2D eigenvalue weighted by molar-refractivity contribution is 0.177. The van der Waals surface area contributed by atoms with Crippen LogP contribution >= 0.6 is 11.6 Å². The average Bonchev–Trinajstić information content (AvgIpc) is 2.59. The van der Waals surface area contributed by atoms with Gasteiger partial charge in [-0.3, -0.25) is 0 Å². The molecule has 0 bridgehead atoms. The van der Waals surface area contributed by atoms with Crippen molar-refractivity contribution in [3.05, 3.63) is 59.1 Å². The molecule has 0 amide bonds. The van der Waals surface area contributed by atoms with Crippen LogP contribution in [0.5, 0.6) is 5.75 Å². The molecule has 27 heavy (non-hydrogen) atoms. The van der Waals surface area contributed by atoms with E-state index in [1.807, 2.05) is 0 Å². The first-order valence-electron chi connectivity index (χ1n) is 7.85. The molecule has 0 aromatic heterocycles. The van der Waals surface area contributed by atoms with E-state index in [0.717, 1.165) is 6.26 Å². The summed E-state index contributed by atoms with van der Waals surface area (Å²) < 4.78 is 59.3. The molecule has 2 rings (SSSR count). The van der Waals surface area contributed by atoms with E-state index < -0.39 is 20.1 Å². The van der Waals surface area contributed by atoms with Gasteiger partial charge < -0.3 is 8.92 Å². The molecule has 0 radical (unpaired) electrons. The van der Waals surface area contributed by atoms with Crippen LogP contribution in [0.2, 0.25) is 5.02 Å². The Kier molecular flexibility index (Phi) is 7.24. The minimum atomic E-state index is -3.76. The molecule has 0 saturated heterocycles. The van der Waals surface area contributed by atoms with Gasteiger partial charge in [0.05, 0.1) is 17.8 Å². The number of benzene rings is 2. The first-order chi connectivity index (χ1) is 12.6. The predicted molar refractivity (Wildman–Crippen MR) is 103 cm³/mol. The van der Waals surface area contributed by atoms with Crippen LogP contribution in [0.3, 0.4) is 0 Å². The Morgan fingerprint density at radius 3 is 2.07 bits per heavy atom. The van der Waals surface area contributed by atoms with Crippen molar-refractivity contribution in [2.24, 2.45) is 0 Å². The normalized spacial score (nSPS) is 12.3. The number of ether oxygens (including phenoxy) is 1. The Labute approximate surface area is 164 Å². The molecule has 2 aromatic carbocycles. The summed E-state index contributed by atoms with van der Waals surface area (Å²) in [4.78, 5) is 0.125. The van der Waals surface area contributed by atoms with Gasteiger partial charge in [0.2, 0.25) is 10.0 Å². The summed E-state index contributed by atoms with van der Waals surface area (Å²) in [5.41, 5.74) is 0.671. The molecule has 2 aromatic rings. The molecule has 0 fully saturated rings. The summed E-state index contributed by atoms with van der Waals surface area (Å²) >= 11 is 5.83. The van der Waals surface area contributed by atoms with E-state index in [1.165, 1.54) is 47.8 Å². The number of nitrogens with zero attached hydrogens (tertiary/aromatic N) is 1. The minimum Gasteiger partial charge on any atom is -0.383 e. The fraction of sp³-hybridized carbons (Fsp3) is 0.294. The van der Waals surface area contributed by atoms with Crippen LogP contribution in [0, 0.1) is 0 Å². The van der Waals surface area contributed by atoms with Crippen LogP contribution in [0.1, 0.15) is 5.56 Å². The van der Waals surface area contributed by atoms with Crippen LogP contribution in [-0.4, -0.2) is 47.7 Å². The van der Waals surface area contributed by atoms with Gasteiger partial charge in [0.15, 0.2) is 0 Å². The molecule has 0 aliphatic carbocycles. The summed E-state index contributed by atoms with van der Waals surface area (Å²) in [5, 5.41) is 0.443. The van der Waals surface area contributed by atoms with E-state index >= 15 is 0 Å². The van der Waals surface area contributed by atoms with Gasteiger partial charge in [-0.05, 0) is 42.0 Å². The standard InChI is InChI=1S/C17H20ClNO6S2/c1-24-12-11-19(27(22,23)17-9-5-15(18)6-10-17)13-14-3-7-16(8-4-14)25-26(2,20)21/h3-10H,11-13H2,1-2H3. The first kappa shape index (κ1) is 21.6. The first-order valence-corrected chi connectivity index (χ1v) is 11.5. The maximum Gasteiger partial charge on any atom is 0.306 e. The Hall–Kier alpha value is -1.65. The van der Waals surface area contributed by atoms with Gasteiger partial charge in [0.1, 0.15) is 5.75 Å². The van der Waals surface area contributed by atoms with Crippen LogP contribution in [0.15, 0.2) is 53.4 Å². The van der Waals surface area contributed by atoms with Crippen LogP contribution in [-0.2, 0) is 31.4 Å². The van der Waals surface area contributed by atoms with Crippen LogP contribution in [0.25, 0.3) is 0 Å². The fourth-order valence-corrected chi connectivity index (χ4v) is 4.26. The van der Waals surface area contributed by atoms with Gasteiger partial charge in [0.25, 0.3) is 0 Å². The highest BCUT2D eigenvalue weighted by molar-refractivity contribution is 7.89. The molecule has 0 aliphatic heterocycles. The Morgan fingerprint density at radius 1 is 0.963 bits per heavy atom. The molecule has 0 spiro atoms. The van der Waals surface area contributed by atoms with E-state index in [4.69, 9.17) is 20.5 Å². The maximum absolute atomic E-state index is 12.9. The number of halogens is 1. The third-order valence-electron chi connectivity index (χ3n) is 3.53. The lowest BCUT2D eigenvalue weighted by atomic mass is 10.2. The number of methoxy groups -OCH3 is 1. The van der Waals surface area contributed by atoms with Crippen molar-refractivity contribution >= 4 is 31.7 Å². The Morgan fingerprint density at radius 2 is 1.56 bits per heavy atom. The summed E-state index contributed by atoms with van der Waals surface area (Å²) in [6.45, 7) is 0.471. The van der Waals surface area contributed by atoms with Gasteiger partial charge in [0, 0.05) is 25.2 Å². The highest BCUT2D eigenvalue weighted by Gasteiger charge is 2.24. The van der Waals surface area contributed by atoms with Gasteiger partial charge in [-0.25, -0.2) is 8.42 Å². The number of hydrogen-bond donors (Lipinski definition) is 0. The SMILES string of the molecule is COCCN(Cc1ccc(OS(C)(=O)=O)cc1)S(=O)(=O)c1ccc(Cl)cc1. The third-order valence-corrected chi connectivity index (χ3v) is 6.13. The molecule has 0 unspecified atom stereocenters. The molecule has 0 aliphatic rings. The number of sulfonamides is 1. The van der Waals surface area contributed by atoms with E-state index in [2.05, 4.69) is 0 Å². The highest BCUT2D eigenvalue weighted by Crippen LogP contribution is 2.22. The lowest BCUT2D eigenvalue weighted by Crippen LogP contribution is -2.33. The van der Waals surface area contributed by atoms with E-state index in [1.54, 1.807) is 12.1 Å². The minimum absolute atomic E-state index is 0.0907. The summed E-state index contributed by atoms with van der Waals surface area (Å²) in [6.07, 6.45) is 0.950. The fourth-order valence-electron chi connectivity index (χ4n) is 2.26. The Balaban J connectivity index is 2.24. The zero-order chi connectivity index (χ0) is 20.1. The van der Waals surface area contributed by atoms with Gasteiger partial charge in [-0.15, -0.1) is 0 Å². The van der Waals surface area contributed by atoms with E-state index in [-0.39, 0.29) is 30.3 Å². The van der Waals surface area contributed by atoms with Crippen molar-refractivity contribution in [2.45, 2.75) is 11.4 Å². The molecular formula is C17H20ClNO6S2. The van der Waals surface area contributed by atoms with Crippen molar-refractivity contribution in [3.8, 4) is 5.75 Å². The topological polar surface area (TPSA) is 90.0 Å². The molecular weight excluding hydrogens is 414 g/mol. The Bertz CT molecular complexity index is 957. The number of hydrogen-bond acceptors (Lipinski definition) is 6. The molecule has 0 heterocycles. The summed E-state index contributed by atoms with van der Waals surface area (Å²) in [7, 11) is -5.89. The van der Waals surface area contributed by atoms with Gasteiger partial charge in [-0.1, -0.05) is 23.7 Å². The van der Waals surface area contributed by atoms with Gasteiger partial charge >= 0.3 is 10.1 Å². The average molecular weight is 434 g/mol. The lowest BCUT2D eigenvalue weighted by Gasteiger charge is -2.22. The highest BCUT2D eigenvalue weighted by atomic mass is 35.5. The second kappa shape index (κ2) is 9.03. The van der Waals surface area contributed by atoms with Crippen molar-refractivity contribution in [3.63, 3.8) is 0 Å². The van der Waals surface area contributed by atoms with E-state index in [0.29, 0.717) is 10.6 Å². The molecule has 148 valence electrons. The molecule has 0 atom stereocenters. The second-order valence-electron chi connectivity index (χ2n) is 5.72. The molecule has 7 nitrogen and oxygen atoms in total. The van der Waals surface area contributed by atoms with E-state index in [9.17, 15) is 16.8 Å². The quantitative estimate of drug-likeness (QED) is 0.564. The van der Waals surface area contributed by atoms with Crippen molar-refractivity contribution in [2.75, 3.05) is 26.5 Å². The van der Waals surface area contributed by atoms with Crippen LogP contribution < -0.4 is 4.18 Å². The molecule has 0 N–H and O–H groups in total. The van der Waals surface area contributed by atoms with Crippen LogP contribution in [0.4, 0.5) is 0 Å². The third kappa shape index (κ3) is 6.47. The van der Waals surface area contributed by atoms with Crippen molar-refractivity contribution in [1.82, 2.24) is 4.31 Å². The zero-order valence-electron chi connectivity index (χ0n) is 14.8. The number of rotatable bonds is 9. The summed E-state index contributed by atoms with van der Waals surface area (Å²) in [5.74, 6) is 0.158. The smallest absolute Gasteiger partial charge is 0.306 e. The maximum atomic E-state index is 12.9. The summed E-state index contributed by atoms with van der Waals surface area (Å²) in [6, 6.07) is 12.1. The molecule has 10 heteroatoms. The molecule has 0 saturated carbocycles. The monoisotopic (exact) mass is 433 g/mol. The van der Waals surface area contributed by atoms with Gasteiger partial charge in [-0.2, -0.15) is 12.7 Å².